The van der Waals surface area contributed by atoms with Gasteiger partial charge in [0.2, 0.25) is 0 Å². The van der Waals surface area contributed by atoms with E-state index in [-0.39, 0.29) is 0 Å². The molecule has 0 unspecified atom stereocenters. The van der Waals surface area contributed by atoms with Crippen molar-refractivity contribution in [2.75, 3.05) is 7.11 Å². The summed E-state index contributed by atoms with van der Waals surface area (Å²) < 4.78 is 5.52. The smallest absolute Gasteiger partial charge is 0.128 e. The first-order valence-electron chi connectivity index (χ1n) is 6.77. The number of methoxy groups -OCH3 is 1. The lowest BCUT2D eigenvalue weighted by Gasteiger charge is -2.11. The highest BCUT2D eigenvalue weighted by Gasteiger charge is 2.09. The molecule has 2 aromatic carbocycles. The van der Waals surface area contributed by atoms with Crippen LogP contribution in [0.1, 0.15) is 10.4 Å². The quantitative estimate of drug-likeness (QED) is 0.765. The van der Waals surface area contributed by atoms with Crippen molar-refractivity contribution in [1.29, 1.82) is 0 Å². The number of fused-ring (bicyclic) bond motifs is 1. The number of nitrogens with two attached hydrogens (primary N) is 1. The van der Waals surface area contributed by atoms with Crippen molar-refractivity contribution in [3.63, 3.8) is 0 Å². The second kappa shape index (κ2) is 6.07. The second-order valence-corrected chi connectivity index (χ2v) is 5.78. The van der Waals surface area contributed by atoms with E-state index in [1.165, 1.54) is 21.2 Å². The SMILES string of the molecule is COc1ccc2ccccc2c1C[NH2+]Cc1cccs1. The van der Waals surface area contributed by atoms with Gasteiger partial charge >= 0.3 is 0 Å². The zero-order chi connectivity index (χ0) is 13.8. The zero-order valence-corrected chi connectivity index (χ0v) is 12.3. The van der Waals surface area contributed by atoms with Crippen molar-refractivity contribution in [3.8, 4) is 5.75 Å². The lowest BCUT2D eigenvalue weighted by Crippen LogP contribution is -2.80. The molecule has 20 heavy (non-hydrogen) atoms. The number of ether oxygens (including phenoxy) is 1. The van der Waals surface area contributed by atoms with Crippen molar-refractivity contribution >= 4 is 22.1 Å². The lowest BCUT2D eigenvalue weighted by atomic mass is 10.0. The van der Waals surface area contributed by atoms with E-state index in [9.17, 15) is 0 Å². The van der Waals surface area contributed by atoms with Crippen LogP contribution in [0.15, 0.2) is 53.9 Å². The van der Waals surface area contributed by atoms with E-state index in [2.05, 4.69) is 59.2 Å². The Morgan fingerprint density at radius 2 is 1.90 bits per heavy atom. The van der Waals surface area contributed by atoms with Crippen LogP contribution in [0.3, 0.4) is 0 Å². The molecule has 0 saturated carbocycles. The average molecular weight is 284 g/mol. The summed E-state index contributed by atoms with van der Waals surface area (Å²) in [6.07, 6.45) is 0. The molecule has 1 aromatic heterocycles. The zero-order valence-electron chi connectivity index (χ0n) is 11.5. The van der Waals surface area contributed by atoms with Crippen LogP contribution < -0.4 is 10.1 Å². The number of quaternary nitrogens is 1. The van der Waals surface area contributed by atoms with Crippen molar-refractivity contribution in [2.45, 2.75) is 13.1 Å². The van der Waals surface area contributed by atoms with Crippen molar-refractivity contribution < 1.29 is 10.1 Å². The van der Waals surface area contributed by atoms with Gasteiger partial charge in [0.25, 0.3) is 0 Å². The molecule has 0 aliphatic carbocycles. The Hall–Kier alpha value is -1.84. The van der Waals surface area contributed by atoms with E-state index >= 15 is 0 Å². The maximum atomic E-state index is 5.52. The van der Waals surface area contributed by atoms with Gasteiger partial charge in [0.05, 0.1) is 17.6 Å². The van der Waals surface area contributed by atoms with Gasteiger partial charge in [-0.3, -0.25) is 0 Å². The van der Waals surface area contributed by atoms with Crippen LogP contribution in [0.25, 0.3) is 10.8 Å². The van der Waals surface area contributed by atoms with E-state index < -0.39 is 0 Å². The molecule has 0 aliphatic heterocycles. The van der Waals surface area contributed by atoms with Gasteiger partial charge < -0.3 is 10.1 Å². The molecule has 3 heteroatoms. The lowest BCUT2D eigenvalue weighted by molar-refractivity contribution is -0.685. The third kappa shape index (κ3) is 2.69. The minimum Gasteiger partial charge on any atom is -0.496 e. The van der Waals surface area contributed by atoms with Gasteiger partial charge in [-0.1, -0.05) is 36.4 Å². The first-order valence-corrected chi connectivity index (χ1v) is 7.65. The molecule has 0 atom stereocenters. The summed E-state index contributed by atoms with van der Waals surface area (Å²) >= 11 is 1.81. The Bertz CT molecular complexity index is 691. The fourth-order valence-electron chi connectivity index (χ4n) is 2.51. The van der Waals surface area contributed by atoms with E-state index in [1.54, 1.807) is 7.11 Å². The summed E-state index contributed by atoms with van der Waals surface area (Å²) in [6, 6.07) is 17.0. The summed E-state index contributed by atoms with van der Waals surface area (Å²) in [7, 11) is 1.74. The number of benzene rings is 2. The van der Waals surface area contributed by atoms with Crippen LogP contribution in [0.4, 0.5) is 0 Å². The summed E-state index contributed by atoms with van der Waals surface area (Å²) in [6.45, 7) is 1.95. The number of thiophene rings is 1. The Kier molecular flexibility index (Phi) is 4.00. The maximum Gasteiger partial charge on any atom is 0.128 e. The van der Waals surface area contributed by atoms with Gasteiger partial charge in [0, 0.05) is 0 Å². The molecule has 0 amide bonds. The Labute approximate surface area is 123 Å². The Morgan fingerprint density at radius 3 is 2.70 bits per heavy atom. The maximum absolute atomic E-state index is 5.52. The topological polar surface area (TPSA) is 25.8 Å². The normalized spacial score (nSPS) is 10.8. The summed E-state index contributed by atoms with van der Waals surface area (Å²) in [5.41, 5.74) is 1.28. The Morgan fingerprint density at radius 1 is 1.00 bits per heavy atom. The van der Waals surface area contributed by atoms with Gasteiger partial charge in [0.15, 0.2) is 0 Å². The predicted molar refractivity (Wildman–Crippen MR) is 84.2 cm³/mol. The molecule has 3 rings (SSSR count). The third-order valence-corrected chi connectivity index (χ3v) is 4.39. The van der Waals surface area contributed by atoms with Crippen LogP contribution in [0.5, 0.6) is 5.75 Å². The molecule has 0 bridgehead atoms. The molecule has 0 spiro atoms. The molecule has 0 radical (unpaired) electrons. The molecular weight excluding hydrogens is 266 g/mol. The van der Waals surface area contributed by atoms with Gasteiger partial charge in [-0.2, -0.15) is 0 Å². The van der Waals surface area contributed by atoms with Crippen molar-refractivity contribution in [2.24, 2.45) is 0 Å². The predicted octanol–water partition coefficient (Wildman–Crippen LogP) is 3.17. The fourth-order valence-corrected chi connectivity index (χ4v) is 3.21. The average Bonchev–Trinajstić information content (AvgIpc) is 3.00. The fraction of sp³-hybridized carbons (Fsp3) is 0.176. The monoisotopic (exact) mass is 284 g/mol. The minimum atomic E-state index is 0.933. The summed E-state index contributed by atoms with van der Waals surface area (Å²) in [5.74, 6) is 0.978. The largest absolute Gasteiger partial charge is 0.496 e. The molecule has 1 heterocycles. The van der Waals surface area contributed by atoms with Crippen molar-refractivity contribution in [3.05, 3.63) is 64.4 Å². The van der Waals surface area contributed by atoms with E-state index in [0.29, 0.717) is 0 Å². The minimum absolute atomic E-state index is 0.933. The molecule has 0 fully saturated rings. The molecule has 0 aliphatic rings. The Balaban J connectivity index is 1.85. The highest BCUT2D eigenvalue weighted by Crippen LogP contribution is 2.27. The van der Waals surface area contributed by atoms with E-state index in [0.717, 1.165) is 18.8 Å². The van der Waals surface area contributed by atoms with Gasteiger partial charge in [-0.15, -0.1) is 11.3 Å². The molecule has 2 N–H and O–H groups in total. The van der Waals surface area contributed by atoms with Crippen LogP contribution in [-0.2, 0) is 13.1 Å². The van der Waals surface area contributed by atoms with Gasteiger partial charge in [0.1, 0.15) is 18.8 Å². The molecule has 102 valence electrons. The van der Waals surface area contributed by atoms with Gasteiger partial charge in [-0.25, -0.2) is 0 Å². The first kappa shape index (κ1) is 13.2. The molecule has 0 saturated heterocycles. The molecular formula is C17H18NOS+. The molecule has 2 nitrogen and oxygen atoms in total. The van der Waals surface area contributed by atoms with E-state index in [1.807, 2.05) is 11.3 Å². The van der Waals surface area contributed by atoms with Gasteiger partial charge in [-0.05, 0) is 28.3 Å². The standard InChI is InChI=1S/C17H17NOS/c1-19-17-9-8-13-5-2-3-7-15(13)16(17)12-18-11-14-6-4-10-20-14/h2-10,18H,11-12H2,1H3/p+1. The second-order valence-electron chi connectivity index (χ2n) is 4.74. The van der Waals surface area contributed by atoms with E-state index in [4.69, 9.17) is 4.74 Å². The number of hydrogen-bond acceptors (Lipinski definition) is 2. The first-order chi connectivity index (χ1) is 9.88. The third-order valence-electron chi connectivity index (χ3n) is 3.49. The molecule has 3 aromatic rings. The van der Waals surface area contributed by atoms with Crippen LogP contribution in [-0.4, -0.2) is 7.11 Å². The van der Waals surface area contributed by atoms with Crippen molar-refractivity contribution in [1.82, 2.24) is 0 Å². The highest BCUT2D eigenvalue weighted by atomic mass is 32.1. The number of hydrogen-bond donors (Lipinski definition) is 1. The van der Waals surface area contributed by atoms with Crippen LogP contribution in [0, 0.1) is 0 Å². The van der Waals surface area contributed by atoms with Crippen LogP contribution >= 0.6 is 11.3 Å². The highest BCUT2D eigenvalue weighted by molar-refractivity contribution is 7.09. The summed E-state index contributed by atoms with van der Waals surface area (Å²) in [5, 5.41) is 7.01. The van der Waals surface area contributed by atoms with Crippen LogP contribution in [0.2, 0.25) is 0 Å². The summed E-state index contributed by atoms with van der Waals surface area (Å²) in [4.78, 5) is 1.41. The number of rotatable bonds is 5.